The van der Waals surface area contributed by atoms with E-state index in [9.17, 15) is 4.79 Å². The Kier molecular flexibility index (Phi) is 6.51. The van der Waals surface area contributed by atoms with Crippen molar-refractivity contribution in [1.82, 2.24) is 14.6 Å². The molecule has 0 aliphatic carbocycles. The van der Waals surface area contributed by atoms with Crippen molar-refractivity contribution in [2.24, 2.45) is 0 Å². The van der Waals surface area contributed by atoms with Crippen molar-refractivity contribution >= 4 is 23.2 Å². The van der Waals surface area contributed by atoms with Crippen LogP contribution in [0.2, 0.25) is 0 Å². The molecule has 0 fully saturated rings. The van der Waals surface area contributed by atoms with Gasteiger partial charge in [0.2, 0.25) is 0 Å². The van der Waals surface area contributed by atoms with Crippen molar-refractivity contribution in [1.29, 1.82) is 0 Å². The van der Waals surface area contributed by atoms with Crippen LogP contribution in [0.5, 0.6) is 0 Å². The molecule has 0 aliphatic heterocycles. The van der Waals surface area contributed by atoms with Crippen LogP contribution < -0.4 is 0 Å². The Morgan fingerprint density at radius 2 is 1.49 bits per heavy atom. The molecule has 0 amide bonds. The number of thioether (sulfide) groups is 1. The Morgan fingerprint density at radius 3 is 2.17 bits per heavy atom. The van der Waals surface area contributed by atoms with E-state index >= 15 is 0 Å². The number of nitrogens with zero attached hydrogens (tertiary/aromatic N) is 3. The molecule has 5 heteroatoms. The van der Waals surface area contributed by atoms with Gasteiger partial charge in [0.15, 0.2) is 11.4 Å². The first-order valence-electron chi connectivity index (χ1n) is 11.7. The van der Waals surface area contributed by atoms with Crippen LogP contribution in [0, 0.1) is 20.8 Å². The molecule has 0 aliphatic rings. The maximum absolute atomic E-state index is 13.0. The molecule has 0 saturated carbocycles. The Bertz CT molecular complexity index is 1490. The van der Waals surface area contributed by atoms with Crippen molar-refractivity contribution < 1.29 is 4.79 Å². The van der Waals surface area contributed by atoms with Gasteiger partial charge >= 0.3 is 0 Å². The predicted octanol–water partition coefficient (Wildman–Crippen LogP) is 6.89. The van der Waals surface area contributed by atoms with E-state index < -0.39 is 0 Å². The van der Waals surface area contributed by atoms with E-state index in [1.807, 2.05) is 66.9 Å². The largest absolute Gasteiger partial charge is 0.293 e. The molecule has 3 aromatic carbocycles. The number of fused-ring (bicyclic) bond motifs is 1. The number of benzene rings is 3. The van der Waals surface area contributed by atoms with Gasteiger partial charge in [0.25, 0.3) is 0 Å². The van der Waals surface area contributed by atoms with Gasteiger partial charge in [-0.2, -0.15) is 5.10 Å². The summed E-state index contributed by atoms with van der Waals surface area (Å²) >= 11 is 1.55. The zero-order valence-electron chi connectivity index (χ0n) is 20.2. The molecule has 174 valence electrons. The van der Waals surface area contributed by atoms with Gasteiger partial charge < -0.3 is 0 Å². The molecular formula is C30H27N3OS. The molecule has 35 heavy (non-hydrogen) atoms. The van der Waals surface area contributed by atoms with Crippen molar-refractivity contribution in [3.8, 4) is 11.1 Å². The lowest BCUT2D eigenvalue weighted by atomic mass is 10.0. The lowest BCUT2D eigenvalue weighted by molar-refractivity contribution is 0.102. The van der Waals surface area contributed by atoms with E-state index in [4.69, 9.17) is 10.1 Å². The number of hydrogen-bond donors (Lipinski definition) is 0. The van der Waals surface area contributed by atoms with Gasteiger partial charge in [-0.3, -0.25) is 4.79 Å². The summed E-state index contributed by atoms with van der Waals surface area (Å²) in [6.45, 7) is 6.11. The zero-order chi connectivity index (χ0) is 24.4. The fraction of sp³-hybridized carbons (Fsp3) is 0.167. The summed E-state index contributed by atoms with van der Waals surface area (Å²) in [5.74, 6) is 0.443. The highest BCUT2D eigenvalue weighted by Gasteiger charge is 2.21. The third-order valence-corrected chi connectivity index (χ3v) is 7.30. The van der Waals surface area contributed by atoms with Gasteiger partial charge in [-0.15, -0.1) is 0 Å². The average Bonchev–Trinajstić information content (AvgIpc) is 3.20. The molecule has 0 atom stereocenters. The summed E-state index contributed by atoms with van der Waals surface area (Å²) in [4.78, 5) is 18.1. The molecule has 0 N–H and O–H groups in total. The normalized spacial score (nSPS) is 11.2. The summed E-state index contributed by atoms with van der Waals surface area (Å²) in [5.41, 5.74) is 9.02. The number of Topliss-reactive ketones (excluding diaryl/α,β-unsaturated/α-hetero) is 1. The highest BCUT2D eigenvalue weighted by atomic mass is 32.2. The van der Waals surface area contributed by atoms with Crippen LogP contribution >= 0.6 is 11.8 Å². The summed E-state index contributed by atoms with van der Waals surface area (Å²) in [6.07, 6.45) is 0.732. The van der Waals surface area contributed by atoms with Crippen molar-refractivity contribution in [3.05, 3.63) is 119 Å². The van der Waals surface area contributed by atoms with Gasteiger partial charge in [-0.05, 0) is 31.9 Å². The molecule has 2 heterocycles. The average molecular weight is 478 g/mol. The van der Waals surface area contributed by atoms with Crippen LogP contribution in [-0.4, -0.2) is 26.1 Å². The molecule has 0 saturated heterocycles. The van der Waals surface area contributed by atoms with Crippen molar-refractivity contribution in [2.75, 3.05) is 5.75 Å². The maximum atomic E-state index is 13.0. The second kappa shape index (κ2) is 9.88. The third kappa shape index (κ3) is 4.77. The predicted molar refractivity (Wildman–Crippen MR) is 143 cm³/mol. The van der Waals surface area contributed by atoms with Crippen LogP contribution in [0.1, 0.15) is 38.4 Å². The summed E-state index contributed by atoms with van der Waals surface area (Å²) < 4.78 is 1.94. The molecule has 5 rings (SSSR count). The van der Waals surface area contributed by atoms with E-state index in [1.165, 1.54) is 5.56 Å². The molecule has 0 bridgehead atoms. The number of hydrogen-bond acceptors (Lipinski definition) is 4. The molecule has 5 aromatic rings. The minimum Gasteiger partial charge on any atom is -0.293 e. The Morgan fingerprint density at radius 1 is 0.829 bits per heavy atom. The molecule has 4 nitrogen and oxygen atoms in total. The van der Waals surface area contributed by atoms with Crippen molar-refractivity contribution in [2.45, 2.75) is 32.2 Å². The SMILES string of the molecule is Cc1ccc(C(=O)CSc2c(Cc3ccccc3)c(C)nc3c(-c4ccccc4)c(C)nn23)cc1. The van der Waals surface area contributed by atoms with Gasteiger partial charge in [0.1, 0.15) is 5.03 Å². The summed E-state index contributed by atoms with van der Waals surface area (Å²) in [6, 6.07) is 28.4. The second-order valence-corrected chi connectivity index (χ2v) is 9.75. The first kappa shape index (κ1) is 23.1. The van der Waals surface area contributed by atoms with Crippen LogP contribution in [0.4, 0.5) is 0 Å². The summed E-state index contributed by atoms with van der Waals surface area (Å²) in [7, 11) is 0. The lowest BCUT2D eigenvalue weighted by Crippen LogP contribution is -2.09. The molecule has 0 spiro atoms. The maximum Gasteiger partial charge on any atom is 0.173 e. The fourth-order valence-corrected chi connectivity index (χ4v) is 5.40. The highest BCUT2D eigenvalue weighted by Crippen LogP contribution is 2.34. The lowest BCUT2D eigenvalue weighted by Gasteiger charge is -2.14. The van der Waals surface area contributed by atoms with Crippen LogP contribution in [0.15, 0.2) is 90.0 Å². The van der Waals surface area contributed by atoms with Gasteiger partial charge in [0, 0.05) is 28.8 Å². The summed E-state index contributed by atoms with van der Waals surface area (Å²) in [5, 5.41) is 5.89. The van der Waals surface area contributed by atoms with E-state index in [-0.39, 0.29) is 5.78 Å². The minimum absolute atomic E-state index is 0.107. The molecular weight excluding hydrogens is 450 g/mol. The van der Waals surface area contributed by atoms with Crippen LogP contribution in [0.25, 0.3) is 16.8 Å². The zero-order valence-corrected chi connectivity index (χ0v) is 21.0. The molecule has 0 unspecified atom stereocenters. The highest BCUT2D eigenvalue weighted by molar-refractivity contribution is 8.00. The number of carbonyl (C=O) groups is 1. The first-order chi connectivity index (χ1) is 17.0. The second-order valence-electron chi connectivity index (χ2n) is 8.78. The van der Waals surface area contributed by atoms with E-state index in [1.54, 1.807) is 11.8 Å². The topological polar surface area (TPSA) is 47.3 Å². The number of ketones is 1. The molecule has 2 aromatic heterocycles. The van der Waals surface area contributed by atoms with Gasteiger partial charge in [-0.25, -0.2) is 9.50 Å². The fourth-order valence-electron chi connectivity index (χ4n) is 4.32. The Labute approximate surface area is 210 Å². The quantitative estimate of drug-likeness (QED) is 0.145. The van der Waals surface area contributed by atoms with E-state index in [2.05, 4.69) is 43.3 Å². The minimum atomic E-state index is 0.107. The van der Waals surface area contributed by atoms with Crippen LogP contribution in [-0.2, 0) is 6.42 Å². The monoisotopic (exact) mass is 477 g/mol. The first-order valence-corrected chi connectivity index (χ1v) is 12.7. The van der Waals surface area contributed by atoms with E-state index in [0.29, 0.717) is 5.75 Å². The van der Waals surface area contributed by atoms with Crippen LogP contribution in [0.3, 0.4) is 0 Å². The standard InChI is InChI=1S/C30H27N3OS/c1-20-14-16-24(17-15-20)27(34)19-35-30-26(18-23-10-6-4-7-11-23)21(2)31-29-28(22(3)32-33(29)30)25-12-8-5-9-13-25/h4-17H,18-19H2,1-3H3. The molecule has 0 radical (unpaired) electrons. The third-order valence-electron chi connectivity index (χ3n) is 6.20. The van der Waals surface area contributed by atoms with Gasteiger partial charge in [0.05, 0.1) is 11.4 Å². The van der Waals surface area contributed by atoms with Gasteiger partial charge in [-0.1, -0.05) is 102 Å². The smallest absolute Gasteiger partial charge is 0.173 e. The number of carbonyl (C=O) groups excluding carboxylic acids is 1. The number of aromatic nitrogens is 3. The number of aryl methyl sites for hydroxylation is 3. The van der Waals surface area contributed by atoms with Crippen molar-refractivity contribution in [3.63, 3.8) is 0 Å². The Hall–Kier alpha value is -3.70. The number of rotatable bonds is 7. The van der Waals surface area contributed by atoms with E-state index in [0.717, 1.165) is 56.3 Å². The Balaban J connectivity index is 1.61.